The summed E-state index contributed by atoms with van der Waals surface area (Å²) in [6, 6.07) is 7.13. The number of carbonyl (C=O) groups excluding carboxylic acids is 2. The number of anilines is 2. The van der Waals surface area contributed by atoms with E-state index in [9.17, 15) is 14.0 Å². The van der Waals surface area contributed by atoms with Crippen molar-refractivity contribution in [1.82, 2.24) is 14.7 Å². The topological polar surface area (TPSA) is 105 Å². The second-order valence-corrected chi connectivity index (χ2v) is 6.54. The number of hydrogen-bond donors (Lipinski definition) is 3. The third kappa shape index (κ3) is 5.27. The molecule has 1 aromatic heterocycles. The number of amides is 3. The lowest BCUT2D eigenvalue weighted by atomic mass is 10.1. The molecule has 0 aliphatic carbocycles. The van der Waals surface area contributed by atoms with E-state index in [1.807, 2.05) is 0 Å². The molecule has 0 radical (unpaired) electrons. The normalized spacial score (nSPS) is 15.4. The molecule has 3 rings (SSSR count). The van der Waals surface area contributed by atoms with Crippen LogP contribution in [0.4, 0.5) is 20.7 Å². The number of halogens is 1. The summed E-state index contributed by atoms with van der Waals surface area (Å²) < 4.78 is 15.0. The lowest BCUT2D eigenvalue weighted by molar-refractivity contribution is -0.118. The highest BCUT2D eigenvalue weighted by Gasteiger charge is 2.23. The average Bonchev–Trinajstić information content (AvgIpc) is 3.08. The van der Waals surface area contributed by atoms with E-state index in [-0.39, 0.29) is 11.9 Å². The van der Waals surface area contributed by atoms with Crippen LogP contribution in [0.2, 0.25) is 0 Å². The van der Waals surface area contributed by atoms with Gasteiger partial charge in [-0.3, -0.25) is 10.1 Å². The van der Waals surface area contributed by atoms with Gasteiger partial charge in [-0.05, 0) is 31.0 Å². The van der Waals surface area contributed by atoms with Crippen molar-refractivity contribution >= 4 is 23.4 Å². The zero-order chi connectivity index (χ0) is 19.2. The van der Waals surface area contributed by atoms with Gasteiger partial charge in [-0.1, -0.05) is 6.07 Å². The lowest BCUT2D eigenvalue weighted by Gasteiger charge is -2.32. The van der Waals surface area contributed by atoms with E-state index in [4.69, 9.17) is 5.73 Å². The lowest BCUT2D eigenvalue weighted by Crippen LogP contribution is -2.37. The van der Waals surface area contributed by atoms with Gasteiger partial charge in [0.05, 0.1) is 12.2 Å². The molecule has 1 aromatic carbocycles. The SMILES string of the molecule is NC(=O)CCN1CCC(n2nccc2NC(=O)Nc2cccc(F)c2)CC1. The molecule has 2 heterocycles. The molecule has 1 saturated heterocycles. The monoisotopic (exact) mass is 374 g/mol. The Bertz CT molecular complexity index is 801. The number of urea groups is 1. The van der Waals surface area contributed by atoms with Gasteiger partial charge in [-0.25, -0.2) is 13.9 Å². The maximum Gasteiger partial charge on any atom is 0.324 e. The first kappa shape index (κ1) is 18.8. The molecule has 8 nitrogen and oxygen atoms in total. The minimum atomic E-state index is -0.457. The van der Waals surface area contributed by atoms with Gasteiger partial charge >= 0.3 is 6.03 Å². The second kappa shape index (κ2) is 8.63. The number of nitrogens with two attached hydrogens (primary N) is 1. The molecule has 2 aromatic rings. The summed E-state index contributed by atoms with van der Waals surface area (Å²) in [6.07, 6.45) is 3.72. The summed E-state index contributed by atoms with van der Waals surface area (Å²) in [4.78, 5) is 25.3. The first-order valence-electron chi connectivity index (χ1n) is 8.89. The molecule has 0 unspecified atom stereocenters. The Hall–Kier alpha value is -2.94. The maximum absolute atomic E-state index is 13.2. The summed E-state index contributed by atoms with van der Waals surface area (Å²) in [6.45, 7) is 2.35. The zero-order valence-electron chi connectivity index (χ0n) is 14.9. The molecule has 0 spiro atoms. The number of piperidine rings is 1. The molecular formula is C18H23FN6O2. The third-order valence-electron chi connectivity index (χ3n) is 4.57. The Morgan fingerprint density at radius 1 is 1.22 bits per heavy atom. The Kier molecular flexibility index (Phi) is 6.02. The maximum atomic E-state index is 13.2. The van der Waals surface area contributed by atoms with E-state index < -0.39 is 11.8 Å². The standard InChI is InChI=1S/C18H23FN6O2/c19-13-2-1-3-14(12-13)22-18(27)23-17-4-8-21-25(17)15-5-9-24(10-6-15)11-7-16(20)26/h1-4,8,12,15H,5-7,9-11H2,(H2,20,26)(H2,22,23,27). The molecule has 1 aliphatic rings. The Balaban J connectivity index is 1.55. The van der Waals surface area contributed by atoms with E-state index in [1.165, 1.54) is 18.2 Å². The predicted molar refractivity (Wildman–Crippen MR) is 99.8 cm³/mol. The van der Waals surface area contributed by atoms with Gasteiger partial charge in [0.1, 0.15) is 11.6 Å². The largest absolute Gasteiger partial charge is 0.370 e. The molecule has 3 amide bonds. The summed E-state index contributed by atoms with van der Waals surface area (Å²) >= 11 is 0. The van der Waals surface area contributed by atoms with Crippen LogP contribution in [0.25, 0.3) is 0 Å². The van der Waals surface area contributed by atoms with Crippen LogP contribution < -0.4 is 16.4 Å². The summed E-state index contributed by atoms with van der Waals surface area (Å²) in [5.41, 5.74) is 5.57. The fourth-order valence-electron chi connectivity index (χ4n) is 3.20. The van der Waals surface area contributed by atoms with Crippen molar-refractivity contribution in [3.8, 4) is 0 Å². The number of nitrogens with one attached hydrogen (secondary N) is 2. The number of rotatable bonds is 6. The van der Waals surface area contributed by atoms with Crippen molar-refractivity contribution in [2.45, 2.75) is 25.3 Å². The predicted octanol–water partition coefficient (Wildman–Crippen LogP) is 2.18. The fraction of sp³-hybridized carbons (Fsp3) is 0.389. The molecular weight excluding hydrogens is 351 g/mol. The van der Waals surface area contributed by atoms with Crippen molar-refractivity contribution in [3.05, 3.63) is 42.3 Å². The minimum Gasteiger partial charge on any atom is -0.370 e. The number of primary amides is 1. The van der Waals surface area contributed by atoms with E-state index in [1.54, 1.807) is 23.0 Å². The van der Waals surface area contributed by atoms with Crippen LogP contribution in [-0.2, 0) is 4.79 Å². The first-order valence-corrected chi connectivity index (χ1v) is 8.89. The Morgan fingerprint density at radius 2 is 2.00 bits per heavy atom. The Morgan fingerprint density at radius 3 is 2.70 bits per heavy atom. The summed E-state index contributed by atoms with van der Waals surface area (Å²) in [5, 5.41) is 9.70. The highest BCUT2D eigenvalue weighted by atomic mass is 19.1. The molecule has 0 saturated carbocycles. The molecule has 0 atom stereocenters. The van der Waals surface area contributed by atoms with E-state index in [2.05, 4.69) is 20.6 Å². The number of benzene rings is 1. The van der Waals surface area contributed by atoms with E-state index >= 15 is 0 Å². The van der Waals surface area contributed by atoms with Crippen LogP contribution in [-0.4, -0.2) is 46.3 Å². The van der Waals surface area contributed by atoms with E-state index in [0.29, 0.717) is 24.5 Å². The van der Waals surface area contributed by atoms with Gasteiger partial charge in [0, 0.05) is 37.8 Å². The van der Waals surface area contributed by atoms with Gasteiger partial charge in [-0.2, -0.15) is 5.10 Å². The van der Waals surface area contributed by atoms with Gasteiger partial charge in [-0.15, -0.1) is 0 Å². The van der Waals surface area contributed by atoms with Gasteiger partial charge in [0.25, 0.3) is 0 Å². The van der Waals surface area contributed by atoms with Gasteiger partial charge < -0.3 is 16.0 Å². The van der Waals surface area contributed by atoms with Gasteiger partial charge in [0.2, 0.25) is 5.91 Å². The van der Waals surface area contributed by atoms with Crippen LogP contribution in [0.3, 0.4) is 0 Å². The van der Waals surface area contributed by atoms with Crippen LogP contribution in [0, 0.1) is 5.82 Å². The third-order valence-corrected chi connectivity index (χ3v) is 4.57. The molecule has 0 bridgehead atoms. The van der Waals surface area contributed by atoms with Gasteiger partial charge in [0.15, 0.2) is 0 Å². The molecule has 9 heteroatoms. The van der Waals surface area contributed by atoms with E-state index in [0.717, 1.165) is 25.9 Å². The van der Waals surface area contributed by atoms with Crippen LogP contribution >= 0.6 is 0 Å². The number of carbonyl (C=O) groups is 2. The highest BCUT2D eigenvalue weighted by molar-refractivity contribution is 5.99. The zero-order valence-corrected chi connectivity index (χ0v) is 14.9. The molecule has 27 heavy (non-hydrogen) atoms. The minimum absolute atomic E-state index is 0.161. The second-order valence-electron chi connectivity index (χ2n) is 6.54. The van der Waals surface area contributed by atoms with Crippen LogP contribution in [0.15, 0.2) is 36.5 Å². The summed E-state index contributed by atoms with van der Waals surface area (Å²) in [7, 11) is 0. The number of nitrogens with zero attached hydrogens (tertiary/aromatic N) is 3. The summed E-state index contributed by atoms with van der Waals surface area (Å²) in [5.74, 6) is -0.125. The Labute approximate surface area is 156 Å². The van der Waals surface area contributed by atoms with Crippen LogP contribution in [0.1, 0.15) is 25.3 Å². The van der Waals surface area contributed by atoms with Crippen molar-refractivity contribution in [1.29, 1.82) is 0 Å². The number of hydrogen-bond acceptors (Lipinski definition) is 4. The van der Waals surface area contributed by atoms with Crippen LogP contribution in [0.5, 0.6) is 0 Å². The highest BCUT2D eigenvalue weighted by Crippen LogP contribution is 2.25. The van der Waals surface area contributed by atoms with Crippen molar-refractivity contribution < 1.29 is 14.0 Å². The quantitative estimate of drug-likeness (QED) is 0.721. The fourth-order valence-corrected chi connectivity index (χ4v) is 3.20. The molecule has 1 fully saturated rings. The number of aromatic nitrogens is 2. The molecule has 4 N–H and O–H groups in total. The average molecular weight is 374 g/mol. The first-order chi connectivity index (χ1) is 13.0. The number of likely N-dealkylation sites (tertiary alicyclic amines) is 1. The molecule has 144 valence electrons. The van der Waals surface area contributed by atoms with Crippen molar-refractivity contribution in [2.24, 2.45) is 5.73 Å². The van der Waals surface area contributed by atoms with Crippen molar-refractivity contribution in [3.63, 3.8) is 0 Å². The van der Waals surface area contributed by atoms with Crippen molar-refractivity contribution in [2.75, 3.05) is 30.3 Å². The molecule has 1 aliphatic heterocycles. The smallest absolute Gasteiger partial charge is 0.324 e.